The molecule has 0 radical (unpaired) electrons. The molecule has 1 saturated heterocycles. The molecule has 0 aromatic heterocycles. The number of rotatable bonds is 9. The molecule has 1 N–H and O–H groups in total. The Morgan fingerprint density at radius 2 is 1.94 bits per heavy atom. The topological polar surface area (TPSA) is 21.3 Å². The lowest BCUT2D eigenvalue weighted by molar-refractivity contribution is 0.100. The second kappa shape index (κ2) is 10.4. The second-order valence-corrected chi connectivity index (χ2v) is 5.90. The third-order valence-electron chi connectivity index (χ3n) is 3.01. The van der Waals surface area contributed by atoms with Gasteiger partial charge in [-0.3, -0.25) is 0 Å². The molecule has 0 aliphatic carbocycles. The molecule has 0 saturated carbocycles. The number of thioether (sulfide) groups is 1. The van der Waals surface area contributed by atoms with Crippen LogP contribution in [0.15, 0.2) is 0 Å². The summed E-state index contributed by atoms with van der Waals surface area (Å²) in [4.78, 5) is 0. The van der Waals surface area contributed by atoms with Crippen LogP contribution < -0.4 is 5.32 Å². The highest BCUT2D eigenvalue weighted by molar-refractivity contribution is 7.99. The van der Waals surface area contributed by atoms with Crippen molar-refractivity contribution in [3.05, 3.63) is 0 Å². The van der Waals surface area contributed by atoms with Gasteiger partial charge in [0.25, 0.3) is 0 Å². The minimum absolute atomic E-state index is 0.857. The molecule has 1 rings (SSSR count). The summed E-state index contributed by atoms with van der Waals surface area (Å²) in [5.74, 6) is 1.26. The van der Waals surface area contributed by atoms with E-state index in [0.717, 1.165) is 18.5 Å². The van der Waals surface area contributed by atoms with Crippen molar-refractivity contribution in [2.75, 3.05) is 32.1 Å². The maximum absolute atomic E-state index is 5.35. The predicted molar refractivity (Wildman–Crippen MR) is 73.3 cm³/mol. The molecule has 2 nitrogen and oxygen atoms in total. The van der Waals surface area contributed by atoms with Crippen molar-refractivity contribution in [3.8, 4) is 0 Å². The van der Waals surface area contributed by atoms with Gasteiger partial charge in [-0.05, 0) is 25.8 Å². The lowest BCUT2D eigenvalue weighted by atomic mass is 10.2. The summed E-state index contributed by atoms with van der Waals surface area (Å²) in [5, 5.41) is 4.39. The lowest BCUT2D eigenvalue weighted by Gasteiger charge is -2.21. The molecule has 0 aromatic rings. The van der Waals surface area contributed by atoms with Crippen molar-refractivity contribution in [1.29, 1.82) is 0 Å². The molecular formula is C13H27NOS. The Morgan fingerprint density at radius 3 is 2.69 bits per heavy atom. The van der Waals surface area contributed by atoms with Gasteiger partial charge in [0.2, 0.25) is 0 Å². The van der Waals surface area contributed by atoms with Crippen LogP contribution in [0.5, 0.6) is 0 Å². The largest absolute Gasteiger partial charge is 0.381 e. The summed E-state index contributed by atoms with van der Waals surface area (Å²) in [6.45, 7) is 6.59. The molecule has 3 heteroatoms. The van der Waals surface area contributed by atoms with Crippen LogP contribution in [0.25, 0.3) is 0 Å². The summed E-state index contributed by atoms with van der Waals surface area (Å²) in [6, 6.07) is 0. The Balaban J connectivity index is 1.77. The van der Waals surface area contributed by atoms with Crippen LogP contribution in [0.4, 0.5) is 0 Å². The Kier molecular flexibility index (Phi) is 9.34. The smallest absolute Gasteiger partial charge is 0.0476 e. The third kappa shape index (κ3) is 7.53. The first-order valence-electron chi connectivity index (χ1n) is 6.83. The minimum Gasteiger partial charge on any atom is -0.381 e. The summed E-state index contributed by atoms with van der Waals surface area (Å²) >= 11 is 2.12. The van der Waals surface area contributed by atoms with E-state index >= 15 is 0 Å². The van der Waals surface area contributed by atoms with Gasteiger partial charge in [0.05, 0.1) is 0 Å². The maximum atomic E-state index is 5.35. The van der Waals surface area contributed by atoms with Gasteiger partial charge in [0, 0.05) is 30.8 Å². The van der Waals surface area contributed by atoms with E-state index < -0.39 is 0 Å². The molecular weight excluding hydrogens is 218 g/mol. The Labute approximate surface area is 105 Å². The number of nitrogens with one attached hydrogen (secondary N) is 1. The highest BCUT2D eigenvalue weighted by Crippen LogP contribution is 2.21. The quantitative estimate of drug-likeness (QED) is 0.631. The highest BCUT2D eigenvalue weighted by Gasteiger charge is 2.13. The fraction of sp³-hybridized carbons (Fsp3) is 1.00. The van der Waals surface area contributed by atoms with Crippen molar-refractivity contribution in [2.45, 2.75) is 50.7 Å². The van der Waals surface area contributed by atoms with Crippen molar-refractivity contribution < 1.29 is 4.74 Å². The molecule has 0 aromatic carbocycles. The molecule has 1 heterocycles. The molecule has 96 valence electrons. The molecule has 0 amide bonds. The number of hydrogen-bond acceptors (Lipinski definition) is 3. The van der Waals surface area contributed by atoms with Crippen molar-refractivity contribution in [1.82, 2.24) is 5.32 Å². The van der Waals surface area contributed by atoms with Gasteiger partial charge in [0.15, 0.2) is 0 Å². The van der Waals surface area contributed by atoms with Crippen LogP contribution >= 0.6 is 11.8 Å². The fourth-order valence-electron chi connectivity index (χ4n) is 1.94. The van der Waals surface area contributed by atoms with E-state index in [4.69, 9.17) is 4.74 Å². The molecule has 0 spiro atoms. The molecule has 1 aliphatic rings. The number of ether oxygens (including phenoxy) is 1. The average Bonchev–Trinajstić information content (AvgIpc) is 2.34. The van der Waals surface area contributed by atoms with E-state index in [1.54, 1.807) is 0 Å². The van der Waals surface area contributed by atoms with Gasteiger partial charge >= 0.3 is 0 Å². The van der Waals surface area contributed by atoms with Crippen LogP contribution in [-0.2, 0) is 4.74 Å². The first-order chi connectivity index (χ1) is 7.93. The zero-order valence-corrected chi connectivity index (χ0v) is 11.5. The van der Waals surface area contributed by atoms with Crippen LogP contribution in [-0.4, -0.2) is 37.3 Å². The maximum Gasteiger partial charge on any atom is 0.0476 e. The number of hydrogen-bond donors (Lipinski definition) is 1. The van der Waals surface area contributed by atoms with E-state index in [2.05, 4.69) is 24.0 Å². The van der Waals surface area contributed by atoms with Crippen LogP contribution in [0.1, 0.15) is 45.4 Å². The Hall–Kier alpha value is 0.270. The second-order valence-electron chi connectivity index (χ2n) is 4.49. The molecule has 16 heavy (non-hydrogen) atoms. The van der Waals surface area contributed by atoms with Gasteiger partial charge in [0.1, 0.15) is 0 Å². The SMILES string of the molecule is CCCCCCNCCSC1CCOCC1. The van der Waals surface area contributed by atoms with E-state index in [-0.39, 0.29) is 0 Å². The van der Waals surface area contributed by atoms with E-state index in [1.165, 1.54) is 57.4 Å². The highest BCUT2D eigenvalue weighted by atomic mass is 32.2. The average molecular weight is 245 g/mol. The van der Waals surface area contributed by atoms with E-state index in [0.29, 0.717) is 0 Å². The molecule has 0 atom stereocenters. The van der Waals surface area contributed by atoms with Crippen LogP contribution in [0.3, 0.4) is 0 Å². The zero-order valence-electron chi connectivity index (χ0n) is 10.7. The predicted octanol–water partition coefficient (Wildman–Crippen LogP) is 3.07. The van der Waals surface area contributed by atoms with Crippen LogP contribution in [0, 0.1) is 0 Å². The van der Waals surface area contributed by atoms with Crippen molar-refractivity contribution >= 4 is 11.8 Å². The summed E-state index contributed by atoms with van der Waals surface area (Å²) in [5.41, 5.74) is 0. The van der Waals surface area contributed by atoms with Gasteiger partial charge in [-0.1, -0.05) is 26.2 Å². The zero-order chi connectivity index (χ0) is 11.5. The molecule has 1 aliphatic heterocycles. The molecule has 1 fully saturated rings. The Bertz CT molecular complexity index is 149. The van der Waals surface area contributed by atoms with E-state index in [1.807, 2.05) is 0 Å². The van der Waals surface area contributed by atoms with Gasteiger partial charge < -0.3 is 10.1 Å². The van der Waals surface area contributed by atoms with Gasteiger partial charge in [-0.15, -0.1) is 0 Å². The minimum atomic E-state index is 0.857. The van der Waals surface area contributed by atoms with E-state index in [9.17, 15) is 0 Å². The first-order valence-corrected chi connectivity index (χ1v) is 7.88. The summed E-state index contributed by atoms with van der Waals surface area (Å²) in [7, 11) is 0. The molecule has 0 bridgehead atoms. The van der Waals surface area contributed by atoms with Gasteiger partial charge in [-0.25, -0.2) is 0 Å². The standard InChI is InChI=1S/C13H27NOS/c1-2-3-4-5-8-14-9-12-16-13-6-10-15-11-7-13/h13-14H,2-12H2,1H3. The Morgan fingerprint density at radius 1 is 1.12 bits per heavy atom. The lowest BCUT2D eigenvalue weighted by Crippen LogP contribution is -2.22. The monoisotopic (exact) mass is 245 g/mol. The fourth-order valence-corrected chi connectivity index (χ4v) is 3.06. The van der Waals surface area contributed by atoms with Crippen molar-refractivity contribution in [2.24, 2.45) is 0 Å². The van der Waals surface area contributed by atoms with Crippen molar-refractivity contribution in [3.63, 3.8) is 0 Å². The summed E-state index contributed by atoms with van der Waals surface area (Å²) < 4.78 is 5.35. The number of unbranched alkanes of at least 4 members (excludes halogenated alkanes) is 3. The van der Waals surface area contributed by atoms with Crippen LogP contribution in [0.2, 0.25) is 0 Å². The molecule has 0 unspecified atom stereocenters. The normalized spacial score (nSPS) is 17.8. The summed E-state index contributed by atoms with van der Waals surface area (Å²) in [6.07, 6.45) is 7.95. The van der Waals surface area contributed by atoms with Gasteiger partial charge in [-0.2, -0.15) is 11.8 Å². The first kappa shape index (κ1) is 14.3. The third-order valence-corrected chi connectivity index (χ3v) is 4.39.